The Balaban J connectivity index is 1.87. The number of para-hydroxylation sites is 1. The molecule has 2 N–H and O–H groups in total. The molecule has 2 amide bonds. The van der Waals surface area contributed by atoms with Crippen LogP contribution in [0.15, 0.2) is 53.0 Å². The van der Waals surface area contributed by atoms with E-state index in [-0.39, 0.29) is 12.0 Å². The summed E-state index contributed by atoms with van der Waals surface area (Å²) in [6.07, 6.45) is 0. The van der Waals surface area contributed by atoms with Crippen LogP contribution in [0.25, 0.3) is 0 Å². The number of rotatable bonds is 4. The van der Waals surface area contributed by atoms with Gasteiger partial charge in [-0.1, -0.05) is 54.9 Å². The topological polar surface area (TPSA) is 67.4 Å². The number of carbonyl (C=O) groups excluding carboxylic acids is 2. The molecule has 6 heteroatoms. The van der Waals surface area contributed by atoms with Crippen molar-refractivity contribution in [2.45, 2.75) is 26.2 Å². The molecule has 0 aromatic heterocycles. The van der Waals surface area contributed by atoms with Crippen molar-refractivity contribution in [3.05, 3.63) is 64.1 Å². The predicted octanol–water partition coefficient (Wildman–Crippen LogP) is 3.59. The lowest BCUT2D eigenvalue weighted by Gasteiger charge is -2.22. The monoisotopic (exact) mass is 404 g/mol. The van der Waals surface area contributed by atoms with Gasteiger partial charge in [0.05, 0.1) is 0 Å². The summed E-state index contributed by atoms with van der Waals surface area (Å²) in [5, 5.41) is 0. The number of benzene rings is 2. The zero-order chi connectivity index (χ0) is 18.4. The minimum Gasteiger partial charge on any atom is -0.483 e. The molecule has 0 saturated heterocycles. The van der Waals surface area contributed by atoms with Gasteiger partial charge in [-0.3, -0.25) is 20.4 Å². The van der Waals surface area contributed by atoms with Gasteiger partial charge in [0.2, 0.25) is 0 Å². The molecule has 2 rings (SSSR count). The first-order valence-corrected chi connectivity index (χ1v) is 8.64. The number of nitrogens with one attached hydrogen (secondary N) is 2. The van der Waals surface area contributed by atoms with Crippen molar-refractivity contribution in [1.82, 2.24) is 10.9 Å². The van der Waals surface area contributed by atoms with E-state index in [0.29, 0.717) is 11.3 Å². The van der Waals surface area contributed by atoms with Gasteiger partial charge >= 0.3 is 0 Å². The molecule has 0 heterocycles. The second kappa shape index (κ2) is 8.16. The van der Waals surface area contributed by atoms with E-state index < -0.39 is 11.8 Å². The van der Waals surface area contributed by atoms with Crippen LogP contribution in [0, 0.1) is 0 Å². The van der Waals surface area contributed by atoms with Crippen LogP contribution >= 0.6 is 15.9 Å². The number of amides is 2. The summed E-state index contributed by atoms with van der Waals surface area (Å²) in [5.74, 6) is -0.172. The van der Waals surface area contributed by atoms with E-state index in [2.05, 4.69) is 47.6 Å². The molecule has 5 nitrogen and oxygen atoms in total. The Labute approximate surface area is 155 Å². The van der Waals surface area contributed by atoms with E-state index in [1.165, 1.54) is 0 Å². The molecule has 0 unspecified atom stereocenters. The molecular weight excluding hydrogens is 384 g/mol. The molecule has 0 atom stereocenters. The minimum atomic E-state index is -0.436. The van der Waals surface area contributed by atoms with E-state index in [0.717, 1.165) is 10.0 Å². The molecule has 0 fully saturated rings. The number of halogens is 1. The van der Waals surface area contributed by atoms with Crippen molar-refractivity contribution in [1.29, 1.82) is 0 Å². The molecular formula is C19H21BrN2O3. The molecule has 0 aliphatic rings. The largest absolute Gasteiger partial charge is 0.483 e. The number of ether oxygens (including phenoxy) is 1. The van der Waals surface area contributed by atoms with Gasteiger partial charge in [-0.05, 0) is 41.3 Å². The molecule has 0 radical (unpaired) electrons. The third-order valence-electron chi connectivity index (χ3n) is 3.48. The van der Waals surface area contributed by atoms with Gasteiger partial charge in [0.15, 0.2) is 6.61 Å². The number of hydrogen-bond donors (Lipinski definition) is 2. The first kappa shape index (κ1) is 19.0. The summed E-state index contributed by atoms with van der Waals surface area (Å²) in [7, 11) is 0. The second-order valence-corrected chi connectivity index (χ2v) is 7.46. The molecule has 0 bridgehead atoms. The third-order valence-corrected chi connectivity index (χ3v) is 4.00. The van der Waals surface area contributed by atoms with Crippen LogP contribution in [0.2, 0.25) is 0 Å². The van der Waals surface area contributed by atoms with Gasteiger partial charge in [-0.2, -0.15) is 0 Å². The van der Waals surface area contributed by atoms with Crippen molar-refractivity contribution in [3.8, 4) is 5.75 Å². The summed E-state index contributed by atoms with van der Waals surface area (Å²) >= 11 is 3.30. The fraction of sp³-hybridized carbons (Fsp3) is 0.263. The van der Waals surface area contributed by atoms with E-state index in [4.69, 9.17) is 4.74 Å². The lowest BCUT2D eigenvalue weighted by molar-refractivity contribution is -0.123. The summed E-state index contributed by atoms with van der Waals surface area (Å²) in [4.78, 5) is 23.8. The fourth-order valence-corrected chi connectivity index (χ4v) is 2.46. The number of carbonyl (C=O) groups is 2. The maximum absolute atomic E-state index is 11.9. The van der Waals surface area contributed by atoms with Crippen LogP contribution < -0.4 is 15.6 Å². The van der Waals surface area contributed by atoms with Crippen molar-refractivity contribution in [2.75, 3.05) is 6.61 Å². The van der Waals surface area contributed by atoms with Crippen LogP contribution in [-0.2, 0) is 10.2 Å². The fourth-order valence-electron chi connectivity index (χ4n) is 2.19. The lowest BCUT2D eigenvalue weighted by Crippen LogP contribution is -2.43. The van der Waals surface area contributed by atoms with Crippen LogP contribution in [0.5, 0.6) is 5.75 Å². The normalized spacial score (nSPS) is 10.9. The molecule has 0 aliphatic heterocycles. The Morgan fingerprint density at radius 1 is 1.00 bits per heavy atom. The number of hydrazine groups is 1. The molecule has 2 aromatic carbocycles. The molecule has 0 spiro atoms. The highest BCUT2D eigenvalue weighted by Gasteiger charge is 2.19. The molecule has 132 valence electrons. The SMILES string of the molecule is CC(C)(C)c1ccccc1OCC(=O)NNC(=O)c1ccc(Br)cc1. The Morgan fingerprint density at radius 2 is 1.64 bits per heavy atom. The average molecular weight is 405 g/mol. The summed E-state index contributed by atoms with van der Waals surface area (Å²) < 4.78 is 6.48. The van der Waals surface area contributed by atoms with Crippen LogP contribution in [-0.4, -0.2) is 18.4 Å². The van der Waals surface area contributed by atoms with E-state index in [1.54, 1.807) is 24.3 Å². The summed E-state index contributed by atoms with van der Waals surface area (Å²) in [5.41, 5.74) is 6.08. The predicted molar refractivity (Wildman–Crippen MR) is 100 cm³/mol. The zero-order valence-electron chi connectivity index (χ0n) is 14.4. The first-order chi connectivity index (χ1) is 11.8. The Kier molecular flexibility index (Phi) is 6.20. The zero-order valence-corrected chi connectivity index (χ0v) is 16.0. The molecule has 0 aliphatic carbocycles. The maximum atomic E-state index is 11.9. The first-order valence-electron chi connectivity index (χ1n) is 7.84. The Morgan fingerprint density at radius 3 is 2.28 bits per heavy atom. The van der Waals surface area contributed by atoms with Gasteiger partial charge in [-0.15, -0.1) is 0 Å². The number of hydrogen-bond acceptors (Lipinski definition) is 3. The standard InChI is InChI=1S/C19H21BrN2O3/c1-19(2,3)15-6-4-5-7-16(15)25-12-17(23)21-22-18(24)13-8-10-14(20)11-9-13/h4-11H,12H2,1-3H3,(H,21,23)(H,22,24). The molecule has 25 heavy (non-hydrogen) atoms. The average Bonchev–Trinajstić information content (AvgIpc) is 2.58. The Hall–Kier alpha value is -2.34. The summed E-state index contributed by atoms with van der Waals surface area (Å²) in [6, 6.07) is 14.4. The molecule has 2 aromatic rings. The van der Waals surface area contributed by atoms with E-state index in [1.807, 2.05) is 24.3 Å². The smallest absolute Gasteiger partial charge is 0.276 e. The quantitative estimate of drug-likeness (QED) is 0.765. The van der Waals surface area contributed by atoms with Crippen LogP contribution in [0.1, 0.15) is 36.7 Å². The van der Waals surface area contributed by atoms with Gasteiger partial charge in [0.1, 0.15) is 5.75 Å². The van der Waals surface area contributed by atoms with Gasteiger partial charge < -0.3 is 4.74 Å². The molecule has 0 saturated carbocycles. The Bertz CT molecular complexity index is 752. The van der Waals surface area contributed by atoms with E-state index >= 15 is 0 Å². The van der Waals surface area contributed by atoms with Crippen molar-refractivity contribution >= 4 is 27.7 Å². The van der Waals surface area contributed by atoms with Crippen molar-refractivity contribution < 1.29 is 14.3 Å². The van der Waals surface area contributed by atoms with Gasteiger partial charge in [-0.25, -0.2) is 0 Å². The van der Waals surface area contributed by atoms with Crippen LogP contribution in [0.4, 0.5) is 0 Å². The van der Waals surface area contributed by atoms with Crippen LogP contribution in [0.3, 0.4) is 0 Å². The highest BCUT2D eigenvalue weighted by atomic mass is 79.9. The second-order valence-electron chi connectivity index (χ2n) is 6.54. The van der Waals surface area contributed by atoms with E-state index in [9.17, 15) is 9.59 Å². The summed E-state index contributed by atoms with van der Waals surface area (Å²) in [6.45, 7) is 6.04. The minimum absolute atomic E-state index is 0.0944. The lowest BCUT2D eigenvalue weighted by atomic mass is 9.86. The van der Waals surface area contributed by atoms with Crippen molar-refractivity contribution in [2.24, 2.45) is 0 Å². The van der Waals surface area contributed by atoms with Gasteiger partial charge in [0.25, 0.3) is 11.8 Å². The highest BCUT2D eigenvalue weighted by molar-refractivity contribution is 9.10. The van der Waals surface area contributed by atoms with Crippen molar-refractivity contribution in [3.63, 3.8) is 0 Å². The highest BCUT2D eigenvalue weighted by Crippen LogP contribution is 2.30. The van der Waals surface area contributed by atoms with Gasteiger partial charge in [0, 0.05) is 10.0 Å². The third kappa shape index (κ3) is 5.60. The maximum Gasteiger partial charge on any atom is 0.276 e.